The zero-order chi connectivity index (χ0) is 27.8. The fourth-order valence-electron chi connectivity index (χ4n) is 5.05. The van der Waals surface area contributed by atoms with E-state index in [2.05, 4.69) is 39.5 Å². The van der Waals surface area contributed by atoms with E-state index in [0.717, 1.165) is 34.7 Å². The van der Waals surface area contributed by atoms with Crippen molar-refractivity contribution >= 4 is 5.91 Å². The summed E-state index contributed by atoms with van der Waals surface area (Å²) in [7, 11) is 0. The molecule has 0 bridgehead atoms. The largest absolute Gasteiger partial charge is 0.390 e. The lowest BCUT2D eigenvalue weighted by Gasteiger charge is -2.26. The van der Waals surface area contributed by atoms with Crippen molar-refractivity contribution in [2.24, 2.45) is 0 Å². The molecule has 1 heterocycles. The van der Waals surface area contributed by atoms with Crippen LogP contribution >= 0.6 is 0 Å². The molecule has 2 aromatic carbocycles. The molecule has 1 amide bonds. The molecule has 39 heavy (non-hydrogen) atoms. The SMILES string of the molecule is C=CCO[C@@H]1C[C@H](NC[C@@H](O)[C@H](Cc2cc(F)cc(F)c2)NC(=O)CCCC)c2cc(-c3cn[nH]c3)ccc21. The van der Waals surface area contributed by atoms with Crippen LogP contribution in [0.4, 0.5) is 8.78 Å². The molecule has 7 nitrogen and oxygen atoms in total. The van der Waals surface area contributed by atoms with Gasteiger partial charge in [0.15, 0.2) is 0 Å². The van der Waals surface area contributed by atoms with Crippen LogP contribution in [-0.2, 0) is 16.0 Å². The Labute approximate surface area is 227 Å². The smallest absolute Gasteiger partial charge is 0.220 e. The lowest BCUT2D eigenvalue weighted by Crippen LogP contribution is -2.49. The molecule has 0 unspecified atom stereocenters. The summed E-state index contributed by atoms with van der Waals surface area (Å²) in [5.74, 6) is -1.60. The van der Waals surface area contributed by atoms with Crippen molar-refractivity contribution in [1.82, 2.24) is 20.8 Å². The quantitative estimate of drug-likeness (QED) is 0.219. The number of aromatic nitrogens is 2. The Hall–Kier alpha value is -3.40. The molecule has 208 valence electrons. The van der Waals surface area contributed by atoms with E-state index in [-0.39, 0.29) is 31.0 Å². The number of amides is 1. The number of ether oxygens (including phenoxy) is 1. The Kier molecular flexibility index (Phi) is 9.97. The standard InChI is InChI=1S/C30H36F2N4O3/c1-3-5-6-30(38)36-27(12-19-10-22(31)14-23(32)11-19)28(37)18-33-26-15-29(39-9-4-2)24-8-7-20(13-25(24)26)21-16-34-35-17-21/h4,7-8,10-11,13-14,16-17,26-29,33,37H,2-3,5-6,9,12,15,18H2,1H3,(H,34,35)(H,36,38)/t26-,27-,28+,29+/m0/s1. The number of benzene rings is 2. The lowest BCUT2D eigenvalue weighted by molar-refractivity contribution is -0.122. The van der Waals surface area contributed by atoms with Crippen LogP contribution in [0, 0.1) is 11.6 Å². The van der Waals surface area contributed by atoms with Crippen molar-refractivity contribution in [3.8, 4) is 11.1 Å². The molecular formula is C30H36F2N4O3. The molecule has 0 spiro atoms. The second kappa shape index (κ2) is 13.6. The highest BCUT2D eigenvalue weighted by molar-refractivity contribution is 5.76. The number of aliphatic hydroxyl groups excluding tert-OH is 1. The van der Waals surface area contributed by atoms with Gasteiger partial charge in [0.1, 0.15) is 11.6 Å². The molecule has 3 aromatic rings. The lowest BCUT2D eigenvalue weighted by atomic mass is 9.99. The number of aromatic amines is 1. The first-order chi connectivity index (χ1) is 18.9. The first-order valence-corrected chi connectivity index (χ1v) is 13.4. The van der Waals surface area contributed by atoms with Gasteiger partial charge in [-0.2, -0.15) is 5.10 Å². The molecule has 0 radical (unpaired) electrons. The summed E-state index contributed by atoms with van der Waals surface area (Å²) in [4.78, 5) is 12.5. The van der Waals surface area contributed by atoms with Crippen LogP contribution in [0.3, 0.4) is 0 Å². The van der Waals surface area contributed by atoms with E-state index in [1.54, 1.807) is 12.3 Å². The molecule has 1 aliphatic carbocycles. The number of aliphatic hydroxyl groups is 1. The maximum atomic E-state index is 13.8. The molecule has 0 saturated heterocycles. The van der Waals surface area contributed by atoms with Gasteiger partial charge in [0.25, 0.3) is 0 Å². The fraction of sp³-hybridized carbons (Fsp3) is 0.400. The van der Waals surface area contributed by atoms with E-state index in [9.17, 15) is 18.7 Å². The van der Waals surface area contributed by atoms with Crippen LogP contribution in [0.2, 0.25) is 0 Å². The van der Waals surface area contributed by atoms with Gasteiger partial charge in [0, 0.05) is 36.8 Å². The third-order valence-corrected chi connectivity index (χ3v) is 7.03. The third-order valence-electron chi connectivity index (χ3n) is 7.03. The van der Waals surface area contributed by atoms with Crippen molar-refractivity contribution in [1.29, 1.82) is 0 Å². The number of rotatable bonds is 14. The van der Waals surface area contributed by atoms with Crippen LogP contribution < -0.4 is 10.6 Å². The Balaban J connectivity index is 1.50. The van der Waals surface area contributed by atoms with Gasteiger partial charge < -0.3 is 20.5 Å². The number of unbranched alkanes of at least 4 members (excludes halogenated alkanes) is 1. The van der Waals surface area contributed by atoms with E-state index in [0.29, 0.717) is 31.4 Å². The van der Waals surface area contributed by atoms with Crippen LogP contribution in [0.15, 0.2) is 61.4 Å². The first-order valence-electron chi connectivity index (χ1n) is 13.4. The van der Waals surface area contributed by atoms with E-state index in [1.165, 1.54) is 12.1 Å². The minimum absolute atomic E-state index is 0.0896. The van der Waals surface area contributed by atoms with Crippen molar-refractivity contribution in [3.63, 3.8) is 0 Å². The number of fused-ring (bicyclic) bond motifs is 1. The van der Waals surface area contributed by atoms with Crippen LogP contribution in [0.5, 0.6) is 0 Å². The zero-order valence-electron chi connectivity index (χ0n) is 22.1. The van der Waals surface area contributed by atoms with Gasteiger partial charge in [0.05, 0.1) is 31.1 Å². The number of carbonyl (C=O) groups is 1. The molecule has 4 N–H and O–H groups in total. The van der Waals surface area contributed by atoms with Crippen LogP contribution in [0.1, 0.15) is 61.4 Å². The van der Waals surface area contributed by atoms with Gasteiger partial charge in [-0.1, -0.05) is 31.6 Å². The predicted molar refractivity (Wildman–Crippen MR) is 146 cm³/mol. The summed E-state index contributed by atoms with van der Waals surface area (Å²) in [6.45, 7) is 6.31. The minimum atomic E-state index is -1.00. The fourth-order valence-corrected chi connectivity index (χ4v) is 5.05. The number of carbonyl (C=O) groups excluding carboxylic acids is 1. The van der Waals surface area contributed by atoms with Gasteiger partial charge in [-0.15, -0.1) is 6.58 Å². The first kappa shape index (κ1) is 28.6. The summed E-state index contributed by atoms with van der Waals surface area (Å²) in [5, 5.41) is 24.4. The number of nitrogens with zero attached hydrogens (tertiary/aromatic N) is 1. The molecular weight excluding hydrogens is 502 g/mol. The number of nitrogens with one attached hydrogen (secondary N) is 3. The topological polar surface area (TPSA) is 99.3 Å². The van der Waals surface area contributed by atoms with E-state index >= 15 is 0 Å². The highest BCUT2D eigenvalue weighted by atomic mass is 19.1. The van der Waals surface area contributed by atoms with Gasteiger partial charge >= 0.3 is 0 Å². The summed E-state index contributed by atoms with van der Waals surface area (Å²) >= 11 is 0. The Bertz CT molecular complexity index is 1230. The predicted octanol–water partition coefficient (Wildman–Crippen LogP) is 4.91. The van der Waals surface area contributed by atoms with Gasteiger partial charge in [0.2, 0.25) is 5.91 Å². The van der Waals surface area contributed by atoms with Crippen LogP contribution in [0.25, 0.3) is 11.1 Å². The normalized spacial score (nSPS) is 17.9. The van der Waals surface area contributed by atoms with Gasteiger partial charge in [-0.25, -0.2) is 8.78 Å². The van der Waals surface area contributed by atoms with Gasteiger partial charge in [-0.05, 0) is 59.7 Å². The number of hydrogen-bond donors (Lipinski definition) is 4. The number of hydrogen-bond acceptors (Lipinski definition) is 5. The monoisotopic (exact) mass is 538 g/mol. The summed E-state index contributed by atoms with van der Waals surface area (Å²) in [6.07, 6.45) is 6.80. The molecule has 0 aliphatic heterocycles. The Morgan fingerprint density at radius 3 is 2.72 bits per heavy atom. The van der Waals surface area contributed by atoms with Crippen molar-refractivity contribution < 1.29 is 23.4 Å². The molecule has 0 saturated carbocycles. The highest BCUT2D eigenvalue weighted by Crippen LogP contribution is 2.42. The van der Waals surface area contributed by atoms with Crippen LogP contribution in [-0.4, -0.2) is 46.5 Å². The maximum Gasteiger partial charge on any atom is 0.220 e. The average Bonchev–Trinajstić information content (AvgIpc) is 3.56. The third kappa shape index (κ3) is 7.59. The zero-order valence-corrected chi connectivity index (χ0v) is 22.1. The Morgan fingerprint density at radius 2 is 2.03 bits per heavy atom. The molecule has 4 rings (SSSR count). The minimum Gasteiger partial charge on any atom is -0.390 e. The number of H-pyrrole nitrogens is 1. The number of halogens is 2. The van der Waals surface area contributed by atoms with E-state index < -0.39 is 23.8 Å². The molecule has 9 heteroatoms. The van der Waals surface area contributed by atoms with Crippen molar-refractivity contribution in [2.75, 3.05) is 13.2 Å². The maximum absolute atomic E-state index is 13.8. The molecule has 4 atom stereocenters. The summed E-state index contributed by atoms with van der Waals surface area (Å²) in [5.41, 5.74) is 4.46. The molecule has 1 aromatic heterocycles. The van der Waals surface area contributed by atoms with Crippen molar-refractivity contribution in [2.45, 2.75) is 63.3 Å². The molecule has 1 aliphatic rings. The van der Waals surface area contributed by atoms with Crippen molar-refractivity contribution in [3.05, 3.63) is 89.8 Å². The van der Waals surface area contributed by atoms with E-state index in [4.69, 9.17) is 4.74 Å². The van der Waals surface area contributed by atoms with Gasteiger partial charge in [-0.3, -0.25) is 9.89 Å². The molecule has 0 fully saturated rings. The summed E-state index contributed by atoms with van der Waals surface area (Å²) in [6, 6.07) is 8.59. The second-order valence-corrected chi connectivity index (χ2v) is 9.96. The highest BCUT2D eigenvalue weighted by Gasteiger charge is 2.33. The average molecular weight is 539 g/mol. The van der Waals surface area contributed by atoms with E-state index in [1.807, 2.05) is 19.2 Å². The second-order valence-electron chi connectivity index (χ2n) is 9.96. The Morgan fingerprint density at radius 1 is 1.23 bits per heavy atom. The summed E-state index contributed by atoms with van der Waals surface area (Å²) < 4.78 is 33.7.